The van der Waals surface area contributed by atoms with Gasteiger partial charge in [-0.2, -0.15) is 0 Å². The van der Waals surface area contributed by atoms with Crippen molar-refractivity contribution >= 4 is 0 Å². The zero-order valence-electron chi connectivity index (χ0n) is 6.52. The molecule has 0 atom stereocenters. The molecule has 0 radical (unpaired) electrons. The van der Waals surface area contributed by atoms with Crippen LogP contribution in [0.15, 0.2) is 0 Å². The van der Waals surface area contributed by atoms with Gasteiger partial charge in [-0.3, -0.25) is 0 Å². The predicted molar refractivity (Wildman–Crippen MR) is 38.2 cm³/mol. The number of hydrogen-bond donors (Lipinski definition) is 1. The van der Waals surface area contributed by atoms with Gasteiger partial charge in [-0.15, -0.1) is 0 Å². The van der Waals surface area contributed by atoms with E-state index in [-0.39, 0.29) is 5.60 Å². The van der Waals surface area contributed by atoms with E-state index < -0.39 is 0 Å². The van der Waals surface area contributed by atoms with E-state index in [0.717, 1.165) is 24.7 Å². The SMILES string of the molecule is CC(C)[C@H]1C[C@](C)(O)C1. The van der Waals surface area contributed by atoms with Crippen LogP contribution in [0.4, 0.5) is 0 Å². The molecular formula is C8H16O. The average molecular weight is 128 g/mol. The lowest BCUT2D eigenvalue weighted by atomic mass is 9.67. The topological polar surface area (TPSA) is 20.2 Å². The Morgan fingerprint density at radius 3 is 2.00 bits per heavy atom. The Balaban J connectivity index is 2.27. The predicted octanol–water partition coefficient (Wildman–Crippen LogP) is 1.80. The molecule has 54 valence electrons. The van der Waals surface area contributed by atoms with Crippen LogP contribution in [0.2, 0.25) is 0 Å². The van der Waals surface area contributed by atoms with Gasteiger partial charge in [-0.25, -0.2) is 0 Å². The fraction of sp³-hybridized carbons (Fsp3) is 1.00. The molecule has 1 rings (SSSR count). The van der Waals surface area contributed by atoms with E-state index in [4.69, 9.17) is 0 Å². The van der Waals surface area contributed by atoms with Crippen molar-refractivity contribution in [2.75, 3.05) is 0 Å². The summed E-state index contributed by atoms with van der Waals surface area (Å²) in [5.41, 5.74) is -0.324. The summed E-state index contributed by atoms with van der Waals surface area (Å²) in [6, 6.07) is 0. The molecule has 0 aromatic rings. The molecule has 1 heteroatoms. The third-order valence-electron chi connectivity index (χ3n) is 2.35. The van der Waals surface area contributed by atoms with Crippen LogP contribution in [0.5, 0.6) is 0 Å². The van der Waals surface area contributed by atoms with Crippen molar-refractivity contribution in [2.45, 2.75) is 39.2 Å². The van der Waals surface area contributed by atoms with Crippen LogP contribution >= 0.6 is 0 Å². The molecule has 0 spiro atoms. The monoisotopic (exact) mass is 128 g/mol. The van der Waals surface area contributed by atoms with Crippen LogP contribution in [0.3, 0.4) is 0 Å². The Morgan fingerprint density at radius 1 is 1.44 bits per heavy atom. The lowest BCUT2D eigenvalue weighted by Crippen LogP contribution is -2.42. The molecule has 0 aliphatic heterocycles. The number of aliphatic hydroxyl groups is 1. The second-order valence-electron chi connectivity index (χ2n) is 3.91. The Hall–Kier alpha value is -0.0400. The van der Waals surface area contributed by atoms with Gasteiger partial charge < -0.3 is 5.11 Å². The van der Waals surface area contributed by atoms with Crippen LogP contribution in [0, 0.1) is 11.8 Å². The zero-order chi connectivity index (χ0) is 7.07. The van der Waals surface area contributed by atoms with Gasteiger partial charge >= 0.3 is 0 Å². The van der Waals surface area contributed by atoms with Crippen molar-refractivity contribution < 1.29 is 5.11 Å². The largest absolute Gasteiger partial charge is 0.390 e. The van der Waals surface area contributed by atoms with E-state index >= 15 is 0 Å². The molecule has 0 aromatic carbocycles. The van der Waals surface area contributed by atoms with Crippen LogP contribution in [0.1, 0.15) is 33.6 Å². The summed E-state index contributed by atoms with van der Waals surface area (Å²) in [6.07, 6.45) is 2.01. The van der Waals surface area contributed by atoms with E-state index in [1.807, 2.05) is 6.92 Å². The van der Waals surface area contributed by atoms with Crippen LogP contribution in [-0.2, 0) is 0 Å². The molecule has 1 aliphatic carbocycles. The normalized spacial score (nSPS) is 43.0. The summed E-state index contributed by atoms with van der Waals surface area (Å²) in [5.74, 6) is 1.53. The maximum absolute atomic E-state index is 9.33. The third-order valence-corrected chi connectivity index (χ3v) is 2.35. The number of rotatable bonds is 1. The van der Waals surface area contributed by atoms with E-state index in [1.54, 1.807) is 0 Å². The molecule has 1 fully saturated rings. The summed E-state index contributed by atoms with van der Waals surface area (Å²) in [6.45, 7) is 6.37. The highest BCUT2D eigenvalue weighted by Gasteiger charge is 2.39. The first kappa shape index (κ1) is 7.07. The van der Waals surface area contributed by atoms with Crippen molar-refractivity contribution in [3.8, 4) is 0 Å². The summed E-state index contributed by atoms with van der Waals surface area (Å²) in [7, 11) is 0. The highest BCUT2D eigenvalue weighted by atomic mass is 16.3. The van der Waals surface area contributed by atoms with Gasteiger partial charge in [0.25, 0.3) is 0 Å². The summed E-state index contributed by atoms with van der Waals surface area (Å²) >= 11 is 0. The van der Waals surface area contributed by atoms with Gasteiger partial charge in [0.1, 0.15) is 0 Å². The number of hydrogen-bond acceptors (Lipinski definition) is 1. The lowest BCUT2D eigenvalue weighted by molar-refractivity contribution is -0.0713. The van der Waals surface area contributed by atoms with Gasteiger partial charge in [0.2, 0.25) is 0 Å². The zero-order valence-corrected chi connectivity index (χ0v) is 6.52. The molecule has 0 saturated heterocycles. The average Bonchev–Trinajstić information content (AvgIpc) is 1.59. The van der Waals surface area contributed by atoms with Gasteiger partial charge in [-0.1, -0.05) is 13.8 Å². The van der Waals surface area contributed by atoms with Gasteiger partial charge in [0, 0.05) is 0 Å². The highest BCUT2D eigenvalue weighted by molar-refractivity contribution is 4.91. The summed E-state index contributed by atoms with van der Waals surface area (Å²) in [5, 5.41) is 9.33. The van der Waals surface area contributed by atoms with E-state index in [0.29, 0.717) is 0 Å². The lowest BCUT2D eigenvalue weighted by Gasteiger charge is -2.43. The van der Waals surface area contributed by atoms with Crippen LogP contribution < -0.4 is 0 Å². The summed E-state index contributed by atoms with van der Waals surface area (Å²) < 4.78 is 0. The molecule has 0 aromatic heterocycles. The van der Waals surface area contributed by atoms with Gasteiger partial charge in [-0.05, 0) is 31.6 Å². The minimum absolute atomic E-state index is 0.324. The molecule has 0 unspecified atom stereocenters. The minimum atomic E-state index is -0.324. The van der Waals surface area contributed by atoms with Gasteiger partial charge in [0.05, 0.1) is 5.60 Å². The third kappa shape index (κ3) is 1.45. The smallest absolute Gasteiger partial charge is 0.0625 e. The Bertz CT molecular complexity index is 97.1. The molecular weight excluding hydrogens is 112 g/mol. The van der Waals surface area contributed by atoms with Crippen molar-refractivity contribution in [3.05, 3.63) is 0 Å². The molecule has 0 heterocycles. The maximum Gasteiger partial charge on any atom is 0.0625 e. The molecule has 0 amide bonds. The first-order chi connectivity index (χ1) is 4.01. The van der Waals surface area contributed by atoms with E-state index in [2.05, 4.69) is 13.8 Å². The standard InChI is InChI=1S/C8H16O/c1-6(2)7-4-8(3,9)5-7/h6-7,9H,4-5H2,1-3H3/t7-,8-. The Morgan fingerprint density at radius 2 is 1.89 bits per heavy atom. The van der Waals surface area contributed by atoms with Crippen molar-refractivity contribution in [2.24, 2.45) is 11.8 Å². The molecule has 1 saturated carbocycles. The fourth-order valence-corrected chi connectivity index (χ4v) is 1.54. The Kier molecular flexibility index (Phi) is 1.55. The molecule has 1 N–H and O–H groups in total. The molecule has 9 heavy (non-hydrogen) atoms. The quantitative estimate of drug-likeness (QED) is 0.571. The second-order valence-corrected chi connectivity index (χ2v) is 3.91. The van der Waals surface area contributed by atoms with Gasteiger partial charge in [0.15, 0.2) is 0 Å². The molecule has 1 aliphatic rings. The fourth-order valence-electron chi connectivity index (χ4n) is 1.54. The maximum atomic E-state index is 9.33. The van der Waals surface area contributed by atoms with Crippen molar-refractivity contribution in [1.82, 2.24) is 0 Å². The molecule has 1 nitrogen and oxygen atoms in total. The molecule has 0 bridgehead atoms. The van der Waals surface area contributed by atoms with Crippen molar-refractivity contribution in [1.29, 1.82) is 0 Å². The Labute approximate surface area is 57.1 Å². The highest BCUT2D eigenvalue weighted by Crippen LogP contribution is 2.41. The van der Waals surface area contributed by atoms with Crippen LogP contribution in [-0.4, -0.2) is 10.7 Å². The van der Waals surface area contributed by atoms with E-state index in [9.17, 15) is 5.11 Å². The first-order valence-corrected chi connectivity index (χ1v) is 3.74. The van der Waals surface area contributed by atoms with Crippen LogP contribution in [0.25, 0.3) is 0 Å². The van der Waals surface area contributed by atoms with E-state index in [1.165, 1.54) is 0 Å². The first-order valence-electron chi connectivity index (χ1n) is 3.74. The van der Waals surface area contributed by atoms with Crippen molar-refractivity contribution in [3.63, 3.8) is 0 Å². The summed E-state index contributed by atoms with van der Waals surface area (Å²) in [4.78, 5) is 0. The second kappa shape index (κ2) is 1.98. The minimum Gasteiger partial charge on any atom is -0.390 e.